The minimum absolute atomic E-state index is 0.269. The Bertz CT molecular complexity index is 568. The number of hydrogen-bond acceptors (Lipinski definition) is 4. The lowest BCUT2D eigenvalue weighted by atomic mass is 10.1. The van der Waals surface area contributed by atoms with E-state index >= 15 is 0 Å². The van der Waals surface area contributed by atoms with E-state index in [-0.39, 0.29) is 6.61 Å². The van der Waals surface area contributed by atoms with Crippen molar-refractivity contribution < 1.29 is 9.52 Å². The van der Waals surface area contributed by atoms with Gasteiger partial charge in [-0.15, -0.1) is 0 Å². The molecule has 1 aliphatic rings. The monoisotopic (exact) mass is 292 g/mol. The van der Waals surface area contributed by atoms with E-state index in [1.54, 1.807) is 6.26 Å². The van der Waals surface area contributed by atoms with Crippen molar-refractivity contribution in [2.75, 3.05) is 19.7 Å². The predicted molar refractivity (Wildman–Crippen MR) is 77.4 cm³/mol. The molecule has 20 heavy (non-hydrogen) atoms. The number of halogens is 1. The van der Waals surface area contributed by atoms with Crippen LogP contribution in [-0.4, -0.2) is 34.7 Å². The van der Waals surface area contributed by atoms with Crippen LogP contribution in [0.4, 0.5) is 0 Å². The zero-order valence-electron chi connectivity index (χ0n) is 11.1. The normalized spacial score (nSPS) is 19.6. The summed E-state index contributed by atoms with van der Waals surface area (Å²) in [7, 11) is 0. The van der Waals surface area contributed by atoms with E-state index in [1.165, 1.54) is 0 Å². The molecule has 1 saturated heterocycles. The number of benzene rings is 1. The van der Waals surface area contributed by atoms with Crippen LogP contribution in [0.2, 0.25) is 5.02 Å². The Morgan fingerprint density at radius 2 is 2.15 bits per heavy atom. The fourth-order valence-corrected chi connectivity index (χ4v) is 2.67. The first-order chi connectivity index (χ1) is 9.74. The minimum Gasteiger partial charge on any atom is -0.444 e. The number of hydrogen-bond donors (Lipinski definition) is 1. The molecule has 1 N–H and O–H groups in total. The fourth-order valence-electron chi connectivity index (χ4n) is 2.54. The summed E-state index contributed by atoms with van der Waals surface area (Å²) in [6, 6.07) is 7.45. The van der Waals surface area contributed by atoms with E-state index in [9.17, 15) is 0 Å². The van der Waals surface area contributed by atoms with E-state index in [2.05, 4.69) is 9.88 Å². The molecule has 3 rings (SSSR count). The zero-order chi connectivity index (χ0) is 13.9. The third-order valence-electron chi connectivity index (χ3n) is 3.66. The summed E-state index contributed by atoms with van der Waals surface area (Å²) >= 11 is 5.87. The second kappa shape index (κ2) is 5.95. The Kier molecular flexibility index (Phi) is 4.05. The third-order valence-corrected chi connectivity index (χ3v) is 3.91. The Morgan fingerprint density at radius 3 is 2.85 bits per heavy atom. The van der Waals surface area contributed by atoms with Crippen LogP contribution in [0.15, 0.2) is 34.9 Å². The Morgan fingerprint density at radius 1 is 1.35 bits per heavy atom. The number of aliphatic hydroxyl groups is 1. The van der Waals surface area contributed by atoms with E-state index in [1.807, 2.05) is 24.3 Å². The summed E-state index contributed by atoms with van der Waals surface area (Å²) in [6.45, 7) is 2.98. The van der Waals surface area contributed by atoms with Crippen molar-refractivity contribution in [3.8, 4) is 11.5 Å². The van der Waals surface area contributed by atoms with Gasteiger partial charge in [0.15, 0.2) is 0 Å². The smallest absolute Gasteiger partial charge is 0.226 e. The van der Waals surface area contributed by atoms with E-state index in [0.29, 0.717) is 16.8 Å². The van der Waals surface area contributed by atoms with Gasteiger partial charge in [-0.2, -0.15) is 0 Å². The van der Waals surface area contributed by atoms with Crippen LogP contribution < -0.4 is 0 Å². The molecule has 0 amide bonds. The number of likely N-dealkylation sites (tertiary alicyclic amines) is 1. The second-order valence-corrected chi connectivity index (χ2v) is 5.66. The molecule has 1 atom stereocenters. The van der Waals surface area contributed by atoms with Crippen LogP contribution in [0.1, 0.15) is 12.1 Å². The van der Waals surface area contributed by atoms with Crippen LogP contribution in [0.3, 0.4) is 0 Å². The molecule has 2 heterocycles. The molecule has 1 aliphatic heterocycles. The van der Waals surface area contributed by atoms with Gasteiger partial charge in [0.1, 0.15) is 6.26 Å². The van der Waals surface area contributed by atoms with Crippen LogP contribution >= 0.6 is 11.6 Å². The number of aromatic nitrogens is 1. The molecular weight excluding hydrogens is 276 g/mol. The van der Waals surface area contributed by atoms with Gasteiger partial charge in [0.25, 0.3) is 0 Å². The lowest BCUT2D eigenvalue weighted by Crippen LogP contribution is -2.21. The van der Waals surface area contributed by atoms with Crippen LogP contribution in [0.25, 0.3) is 11.5 Å². The molecule has 1 unspecified atom stereocenters. The van der Waals surface area contributed by atoms with Gasteiger partial charge >= 0.3 is 0 Å². The molecule has 0 bridgehead atoms. The van der Waals surface area contributed by atoms with Crippen molar-refractivity contribution in [1.29, 1.82) is 0 Å². The topological polar surface area (TPSA) is 49.5 Å². The predicted octanol–water partition coefficient (Wildman–Crippen LogP) is 2.81. The van der Waals surface area contributed by atoms with E-state index in [4.69, 9.17) is 21.1 Å². The van der Waals surface area contributed by atoms with Gasteiger partial charge in [-0.25, -0.2) is 4.98 Å². The Balaban J connectivity index is 1.66. The van der Waals surface area contributed by atoms with Crippen molar-refractivity contribution in [3.05, 3.63) is 41.2 Å². The molecule has 106 valence electrons. The minimum atomic E-state index is 0.269. The summed E-state index contributed by atoms with van der Waals surface area (Å²) in [4.78, 5) is 6.81. The van der Waals surface area contributed by atoms with Gasteiger partial charge < -0.3 is 9.52 Å². The fraction of sp³-hybridized carbons (Fsp3) is 0.400. The Labute approximate surface area is 123 Å². The number of oxazole rings is 1. The number of rotatable bonds is 4. The Hall–Kier alpha value is -1.36. The molecule has 2 aromatic rings. The first kappa shape index (κ1) is 13.6. The SMILES string of the molecule is OCC1CCN(Cc2coc(-c3ccc(Cl)cc3)n2)C1. The van der Waals surface area contributed by atoms with Crippen molar-refractivity contribution in [1.82, 2.24) is 9.88 Å². The maximum Gasteiger partial charge on any atom is 0.226 e. The molecular formula is C15H17ClN2O2. The van der Waals surface area contributed by atoms with Gasteiger partial charge in [-0.3, -0.25) is 4.90 Å². The first-order valence-electron chi connectivity index (χ1n) is 6.78. The maximum atomic E-state index is 9.15. The summed E-state index contributed by atoms with van der Waals surface area (Å²) in [5.41, 5.74) is 1.85. The highest BCUT2D eigenvalue weighted by atomic mass is 35.5. The molecule has 0 spiro atoms. The first-order valence-corrected chi connectivity index (χ1v) is 7.16. The van der Waals surface area contributed by atoms with Gasteiger partial charge in [0.2, 0.25) is 5.89 Å². The molecule has 1 aromatic heterocycles. The standard InChI is InChI=1S/C15H17ClN2O2/c16-13-3-1-12(2-4-13)15-17-14(10-20-15)8-18-6-5-11(7-18)9-19/h1-4,10-11,19H,5-9H2. The molecule has 1 aromatic carbocycles. The van der Waals surface area contributed by atoms with Crippen LogP contribution in [0, 0.1) is 5.92 Å². The highest BCUT2D eigenvalue weighted by Crippen LogP contribution is 2.23. The highest BCUT2D eigenvalue weighted by Gasteiger charge is 2.22. The summed E-state index contributed by atoms with van der Waals surface area (Å²) in [5, 5.41) is 9.85. The molecule has 0 aliphatic carbocycles. The van der Waals surface area contributed by atoms with E-state index in [0.717, 1.165) is 37.3 Å². The molecule has 5 heteroatoms. The quantitative estimate of drug-likeness (QED) is 0.941. The lowest BCUT2D eigenvalue weighted by molar-refractivity contribution is 0.219. The average Bonchev–Trinajstić information content (AvgIpc) is 3.09. The molecule has 0 radical (unpaired) electrons. The molecule has 1 fully saturated rings. The number of aliphatic hydroxyl groups excluding tert-OH is 1. The van der Waals surface area contributed by atoms with Crippen LogP contribution in [0.5, 0.6) is 0 Å². The molecule has 4 nitrogen and oxygen atoms in total. The van der Waals surface area contributed by atoms with Gasteiger partial charge in [-0.05, 0) is 43.1 Å². The zero-order valence-corrected chi connectivity index (χ0v) is 11.9. The van der Waals surface area contributed by atoms with Crippen LogP contribution in [-0.2, 0) is 6.54 Å². The van der Waals surface area contributed by atoms with E-state index < -0.39 is 0 Å². The van der Waals surface area contributed by atoms with Gasteiger partial charge in [0.05, 0.1) is 5.69 Å². The van der Waals surface area contributed by atoms with Gasteiger partial charge in [-0.1, -0.05) is 11.6 Å². The van der Waals surface area contributed by atoms with Crippen molar-refractivity contribution in [2.45, 2.75) is 13.0 Å². The van der Waals surface area contributed by atoms with Gasteiger partial charge in [0, 0.05) is 30.3 Å². The average molecular weight is 293 g/mol. The largest absolute Gasteiger partial charge is 0.444 e. The molecule has 0 saturated carbocycles. The number of nitrogens with zero attached hydrogens (tertiary/aromatic N) is 2. The second-order valence-electron chi connectivity index (χ2n) is 5.22. The highest BCUT2D eigenvalue weighted by molar-refractivity contribution is 6.30. The lowest BCUT2D eigenvalue weighted by Gasteiger charge is -2.12. The maximum absolute atomic E-state index is 9.15. The summed E-state index contributed by atoms with van der Waals surface area (Å²) in [6.07, 6.45) is 2.76. The van der Waals surface area contributed by atoms with Crippen molar-refractivity contribution >= 4 is 11.6 Å². The summed E-state index contributed by atoms with van der Waals surface area (Å²) in [5.74, 6) is 1.02. The van der Waals surface area contributed by atoms with Crippen molar-refractivity contribution in [3.63, 3.8) is 0 Å². The van der Waals surface area contributed by atoms with Crippen molar-refractivity contribution in [2.24, 2.45) is 5.92 Å². The third kappa shape index (κ3) is 3.03. The summed E-state index contributed by atoms with van der Waals surface area (Å²) < 4.78 is 5.52.